The monoisotopic (exact) mass is 440 g/mol. The molecule has 172 valence electrons. The van der Waals surface area contributed by atoms with Gasteiger partial charge < -0.3 is 24.8 Å². The number of benzene rings is 2. The maximum atomic E-state index is 13.2. The average Bonchev–Trinajstić information content (AvgIpc) is 3.60. The van der Waals surface area contributed by atoms with Gasteiger partial charge in [0.15, 0.2) is 11.5 Å². The minimum Gasteiger partial charge on any atom is -0.490 e. The second-order valence-electron chi connectivity index (χ2n) is 7.60. The lowest BCUT2D eigenvalue weighted by molar-refractivity contribution is -0.123. The van der Waals surface area contributed by atoms with Crippen molar-refractivity contribution in [2.45, 2.75) is 52.1 Å². The number of ether oxygens (including phenoxy) is 3. The van der Waals surface area contributed by atoms with Crippen LogP contribution in [0.5, 0.6) is 17.2 Å². The Morgan fingerprint density at radius 3 is 2.06 bits per heavy atom. The largest absolute Gasteiger partial charge is 0.490 e. The maximum absolute atomic E-state index is 13.2. The molecule has 3 rings (SSSR count). The summed E-state index contributed by atoms with van der Waals surface area (Å²) in [6, 6.07) is 12.4. The number of amides is 2. The highest BCUT2D eigenvalue weighted by Gasteiger charge is 2.29. The molecule has 0 spiro atoms. The van der Waals surface area contributed by atoms with Crippen molar-refractivity contribution in [2.75, 3.05) is 19.8 Å². The Balaban J connectivity index is 1.85. The van der Waals surface area contributed by atoms with Gasteiger partial charge in [-0.3, -0.25) is 9.59 Å². The van der Waals surface area contributed by atoms with Crippen molar-refractivity contribution in [2.24, 2.45) is 0 Å². The Bertz CT molecular complexity index is 885. The molecule has 0 aliphatic heterocycles. The number of hydrogen-bond donors (Lipinski definition) is 2. The Kier molecular flexibility index (Phi) is 8.36. The second-order valence-corrected chi connectivity index (χ2v) is 7.60. The first kappa shape index (κ1) is 23.4. The van der Waals surface area contributed by atoms with Crippen LogP contribution in [0.25, 0.3) is 0 Å². The minimum absolute atomic E-state index is 0.175. The summed E-state index contributed by atoms with van der Waals surface area (Å²) in [4.78, 5) is 26.0. The van der Waals surface area contributed by atoms with Gasteiger partial charge in [-0.15, -0.1) is 0 Å². The zero-order valence-corrected chi connectivity index (χ0v) is 19.0. The molecule has 0 bridgehead atoms. The molecule has 1 fully saturated rings. The minimum atomic E-state index is -0.692. The van der Waals surface area contributed by atoms with Crippen LogP contribution in [0.2, 0.25) is 0 Å². The molecular formula is C25H32N2O5. The van der Waals surface area contributed by atoms with Crippen LogP contribution in [0.15, 0.2) is 42.5 Å². The van der Waals surface area contributed by atoms with Gasteiger partial charge >= 0.3 is 0 Å². The van der Waals surface area contributed by atoms with Crippen molar-refractivity contribution in [1.82, 2.24) is 10.6 Å². The van der Waals surface area contributed by atoms with E-state index in [-0.39, 0.29) is 17.9 Å². The first-order valence-electron chi connectivity index (χ1n) is 11.3. The molecule has 0 radical (unpaired) electrons. The van der Waals surface area contributed by atoms with Gasteiger partial charge in [-0.25, -0.2) is 0 Å². The van der Waals surface area contributed by atoms with E-state index in [2.05, 4.69) is 10.6 Å². The number of rotatable bonds is 12. The smallest absolute Gasteiger partial charge is 0.252 e. The average molecular weight is 441 g/mol. The Hall–Kier alpha value is -3.22. The van der Waals surface area contributed by atoms with Crippen LogP contribution >= 0.6 is 0 Å². The molecule has 32 heavy (non-hydrogen) atoms. The van der Waals surface area contributed by atoms with E-state index >= 15 is 0 Å². The molecule has 2 amide bonds. The van der Waals surface area contributed by atoms with Crippen LogP contribution in [0.1, 0.15) is 49.5 Å². The lowest BCUT2D eigenvalue weighted by Gasteiger charge is -2.20. The van der Waals surface area contributed by atoms with E-state index in [9.17, 15) is 9.59 Å². The third-order valence-corrected chi connectivity index (χ3v) is 5.00. The molecule has 1 aliphatic rings. The van der Waals surface area contributed by atoms with Crippen LogP contribution in [-0.2, 0) is 11.2 Å². The fraction of sp³-hybridized carbons (Fsp3) is 0.440. The molecule has 1 aliphatic carbocycles. The molecular weight excluding hydrogens is 408 g/mol. The van der Waals surface area contributed by atoms with Crippen LogP contribution < -0.4 is 24.8 Å². The summed E-state index contributed by atoms with van der Waals surface area (Å²) in [6.45, 7) is 6.86. The molecule has 2 N–H and O–H groups in total. The zero-order valence-electron chi connectivity index (χ0n) is 19.0. The van der Waals surface area contributed by atoms with Crippen molar-refractivity contribution in [1.29, 1.82) is 0 Å². The van der Waals surface area contributed by atoms with Gasteiger partial charge in [0.25, 0.3) is 5.91 Å². The summed E-state index contributed by atoms with van der Waals surface area (Å²) >= 11 is 0. The summed E-state index contributed by atoms with van der Waals surface area (Å²) in [7, 11) is 0. The van der Waals surface area contributed by atoms with Crippen molar-refractivity contribution < 1.29 is 23.8 Å². The van der Waals surface area contributed by atoms with Crippen LogP contribution in [-0.4, -0.2) is 43.7 Å². The van der Waals surface area contributed by atoms with Gasteiger partial charge in [0, 0.05) is 18.0 Å². The van der Waals surface area contributed by atoms with E-state index < -0.39 is 6.04 Å². The van der Waals surface area contributed by atoms with Gasteiger partial charge in [0.1, 0.15) is 6.04 Å². The molecule has 1 saturated carbocycles. The normalized spacial score (nSPS) is 13.7. The SMILES string of the molecule is CCOc1cc(C(=O)NC(Cc2ccccc2)C(=O)NC2CC2)cc(OCC)c1OCC. The second kappa shape index (κ2) is 11.4. The van der Waals surface area contributed by atoms with E-state index in [1.807, 2.05) is 51.1 Å². The van der Waals surface area contributed by atoms with Crippen LogP contribution in [0.3, 0.4) is 0 Å². The Labute approximate surface area is 189 Å². The van der Waals surface area contributed by atoms with E-state index in [1.54, 1.807) is 12.1 Å². The highest BCUT2D eigenvalue weighted by Crippen LogP contribution is 2.39. The van der Waals surface area contributed by atoms with Gasteiger partial charge in [0.05, 0.1) is 19.8 Å². The molecule has 7 heteroatoms. The third kappa shape index (κ3) is 6.39. The molecule has 0 aromatic heterocycles. The van der Waals surface area contributed by atoms with Gasteiger partial charge in [-0.05, 0) is 51.3 Å². The molecule has 1 unspecified atom stereocenters. The van der Waals surface area contributed by atoms with E-state index in [1.165, 1.54) is 0 Å². The first-order valence-corrected chi connectivity index (χ1v) is 11.3. The first-order chi connectivity index (χ1) is 15.5. The predicted octanol–water partition coefficient (Wildman–Crippen LogP) is 3.50. The molecule has 0 heterocycles. The lowest BCUT2D eigenvalue weighted by Crippen LogP contribution is -2.48. The molecule has 2 aromatic carbocycles. The van der Waals surface area contributed by atoms with E-state index in [4.69, 9.17) is 14.2 Å². The van der Waals surface area contributed by atoms with Gasteiger partial charge in [-0.1, -0.05) is 30.3 Å². The van der Waals surface area contributed by atoms with Crippen molar-refractivity contribution >= 4 is 11.8 Å². The highest BCUT2D eigenvalue weighted by molar-refractivity contribution is 5.98. The highest BCUT2D eigenvalue weighted by atomic mass is 16.5. The third-order valence-electron chi connectivity index (χ3n) is 5.00. The molecule has 0 saturated heterocycles. The Morgan fingerprint density at radius 2 is 1.53 bits per heavy atom. The fourth-order valence-corrected chi connectivity index (χ4v) is 3.35. The van der Waals surface area contributed by atoms with Crippen LogP contribution in [0.4, 0.5) is 0 Å². The molecule has 1 atom stereocenters. The number of nitrogens with one attached hydrogen (secondary N) is 2. The molecule has 2 aromatic rings. The van der Waals surface area contributed by atoms with Gasteiger partial charge in [-0.2, -0.15) is 0 Å². The topological polar surface area (TPSA) is 85.9 Å². The Morgan fingerprint density at radius 1 is 0.938 bits per heavy atom. The summed E-state index contributed by atoms with van der Waals surface area (Å²) in [5.74, 6) is 0.799. The van der Waals surface area contributed by atoms with Crippen molar-refractivity contribution in [3.05, 3.63) is 53.6 Å². The number of carbonyl (C=O) groups excluding carboxylic acids is 2. The van der Waals surface area contributed by atoms with Crippen LogP contribution in [0, 0.1) is 0 Å². The standard InChI is InChI=1S/C25H32N2O5/c1-4-30-21-15-18(16-22(31-5-2)23(21)32-6-3)24(28)27-20(25(29)26-19-12-13-19)14-17-10-8-7-9-11-17/h7-11,15-16,19-20H,4-6,12-14H2,1-3H3,(H,26,29)(H,27,28). The zero-order chi connectivity index (χ0) is 22.9. The van der Waals surface area contributed by atoms with Crippen molar-refractivity contribution in [3.8, 4) is 17.2 Å². The van der Waals surface area contributed by atoms with Gasteiger partial charge in [0.2, 0.25) is 11.7 Å². The number of hydrogen-bond acceptors (Lipinski definition) is 5. The predicted molar refractivity (Wildman–Crippen MR) is 123 cm³/mol. The van der Waals surface area contributed by atoms with E-state index in [0.29, 0.717) is 49.1 Å². The quantitative estimate of drug-likeness (QED) is 0.528. The number of carbonyl (C=O) groups is 2. The summed E-state index contributed by atoms with van der Waals surface area (Å²) < 4.78 is 17.1. The summed E-state index contributed by atoms with van der Waals surface area (Å²) in [6.07, 6.45) is 2.36. The lowest BCUT2D eigenvalue weighted by atomic mass is 10.0. The van der Waals surface area contributed by atoms with Crippen molar-refractivity contribution in [3.63, 3.8) is 0 Å². The molecule has 7 nitrogen and oxygen atoms in total. The summed E-state index contributed by atoms with van der Waals surface area (Å²) in [5, 5.41) is 5.90. The summed E-state index contributed by atoms with van der Waals surface area (Å²) in [5.41, 5.74) is 1.32. The fourth-order valence-electron chi connectivity index (χ4n) is 3.35. The maximum Gasteiger partial charge on any atom is 0.252 e. The van der Waals surface area contributed by atoms with E-state index in [0.717, 1.165) is 18.4 Å².